The minimum absolute atomic E-state index is 0.207. The molecule has 0 bridgehead atoms. The topological polar surface area (TPSA) is 98.2 Å². The lowest BCUT2D eigenvalue weighted by Crippen LogP contribution is -2.26. The molecule has 3 N–H and O–H groups in total. The molecule has 7 nitrogen and oxygen atoms in total. The molecule has 1 amide bonds. The van der Waals surface area contributed by atoms with E-state index in [9.17, 15) is 4.79 Å². The van der Waals surface area contributed by atoms with E-state index in [1.165, 1.54) is 4.68 Å². The Balaban J connectivity index is 1.83. The molecule has 0 saturated heterocycles. The highest BCUT2D eigenvalue weighted by Gasteiger charge is 2.23. The number of para-hydroxylation sites is 2. The number of carbonyl (C=O) groups is 1. The van der Waals surface area contributed by atoms with Crippen LogP contribution in [0.25, 0.3) is 22.2 Å². The Morgan fingerprint density at radius 2 is 1.94 bits per heavy atom. The third-order valence-electron chi connectivity index (χ3n) is 4.88. The van der Waals surface area contributed by atoms with Crippen molar-refractivity contribution in [2.24, 2.45) is 11.0 Å². The molecule has 0 spiro atoms. The Bertz CT molecular complexity index is 1290. The SMILES string of the molecule is CC(C)CCNC(=O)c1c(N)n(N=Cc2cccc(Br)c2)c2nc3ccccc3nc12. The number of nitrogens with one attached hydrogen (secondary N) is 1. The van der Waals surface area contributed by atoms with Crippen LogP contribution in [0.4, 0.5) is 5.82 Å². The smallest absolute Gasteiger partial charge is 0.257 e. The number of hydrogen-bond donors (Lipinski definition) is 2. The summed E-state index contributed by atoms with van der Waals surface area (Å²) in [5.41, 5.74) is 9.86. The van der Waals surface area contributed by atoms with Crippen LogP contribution in [0.5, 0.6) is 0 Å². The van der Waals surface area contributed by atoms with E-state index in [1.807, 2.05) is 48.5 Å². The molecule has 2 aromatic heterocycles. The lowest BCUT2D eigenvalue weighted by atomic mass is 10.1. The maximum Gasteiger partial charge on any atom is 0.257 e. The van der Waals surface area contributed by atoms with Gasteiger partial charge in [0, 0.05) is 11.0 Å². The molecular formula is C23H23BrN6O. The molecule has 2 heterocycles. The average molecular weight is 479 g/mol. The molecule has 0 unspecified atom stereocenters. The maximum atomic E-state index is 13.0. The predicted octanol–water partition coefficient (Wildman–Crippen LogP) is 4.59. The molecule has 0 aliphatic carbocycles. The number of aromatic nitrogens is 3. The van der Waals surface area contributed by atoms with Crippen molar-refractivity contribution in [3.63, 3.8) is 0 Å². The van der Waals surface area contributed by atoms with Crippen LogP contribution >= 0.6 is 15.9 Å². The lowest BCUT2D eigenvalue weighted by molar-refractivity contribution is 0.0954. The summed E-state index contributed by atoms with van der Waals surface area (Å²) in [5.74, 6) is 0.417. The van der Waals surface area contributed by atoms with E-state index in [0.29, 0.717) is 40.2 Å². The zero-order valence-corrected chi connectivity index (χ0v) is 18.9. The van der Waals surface area contributed by atoms with Crippen molar-refractivity contribution in [3.8, 4) is 0 Å². The molecule has 0 aliphatic rings. The predicted molar refractivity (Wildman–Crippen MR) is 128 cm³/mol. The van der Waals surface area contributed by atoms with Crippen LogP contribution in [0.3, 0.4) is 0 Å². The van der Waals surface area contributed by atoms with E-state index >= 15 is 0 Å². The fourth-order valence-electron chi connectivity index (χ4n) is 3.26. The van der Waals surface area contributed by atoms with Gasteiger partial charge < -0.3 is 11.1 Å². The van der Waals surface area contributed by atoms with Gasteiger partial charge in [-0.2, -0.15) is 9.78 Å². The molecule has 158 valence electrons. The number of fused-ring (bicyclic) bond motifs is 2. The first-order valence-electron chi connectivity index (χ1n) is 10.1. The van der Waals surface area contributed by atoms with Crippen molar-refractivity contribution in [1.82, 2.24) is 20.0 Å². The number of benzene rings is 2. The highest BCUT2D eigenvalue weighted by atomic mass is 79.9. The van der Waals surface area contributed by atoms with Crippen molar-refractivity contribution in [1.29, 1.82) is 0 Å². The van der Waals surface area contributed by atoms with Crippen LogP contribution in [0.2, 0.25) is 0 Å². The van der Waals surface area contributed by atoms with Crippen LogP contribution < -0.4 is 11.1 Å². The van der Waals surface area contributed by atoms with Crippen LogP contribution in [0, 0.1) is 5.92 Å². The molecule has 8 heteroatoms. The van der Waals surface area contributed by atoms with Crippen LogP contribution in [0.1, 0.15) is 36.2 Å². The summed E-state index contributed by atoms with van der Waals surface area (Å²) < 4.78 is 2.42. The minimum atomic E-state index is -0.274. The Morgan fingerprint density at radius 1 is 1.19 bits per heavy atom. The molecule has 31 heavy (non-hydrogen) atoms. The first-order valence-corrected chi connectivity index (χ1v) is 10.9. The van der Waals surface area contributed by atoms with Crippen LogP contribution in [-0.2, 0) is 0 Å². The number of anilines is 1. The highest BCUT2D eigenvalue weighted by Crippen LogP contribution is 2.28. The van der Waals surface area contributed by atoms with Gasteiger partial charge in [0.1, 0.15) is 16.9 Å². The third-order valence-corrected chi connectivity index (χ3v) is 5.37. The van der Waals surface area contributed by atoms with Gasteiger partial charge in [-0.25, -0.2) is 9.97 Å². The Morgan fingerprint density at radius 3 is 2.65 bits per heavy atom. The molecule has 0 atom stereocenters. The quantitative estimate of drug-likeness (QED) is 0.396. The highest BCUT2D eigenvalue weighted by molar-refractivity contribution is 9.10. The third kappa shape index (κ3) is 4.44. The van der Waals surface area contributed by atoms with Gasteiger partial charge in [-0.3, -0.25) is 4.79 Å². The van der Waals surface area contributed by atoms with Gasteiger partial charge >= 0.3 is 0 Å². The number of nitrogen functional groups attached to an aromatic ring is 1. The van der Waals surface area contributed by atoms with E-state index in [4.69, 9.17) is 10.7 Å². The van der Waals surface area contributed by atoms with Crippen molar-refractivity contribution in [2.45, 2.75) is 20.3 Å². The monoisotopic (exact) mass is 478 g/mol. The van der Waals surface area contributed by atoms with Crippen molar-refractivity contribution in [2.75, 3.05) is 12.3 Å². The number of halogens is 1. The van der Waals surface area contributed by atoms with Gasteiger partial charge in [-0.15, -0.1) is 0 Å². The minimum Gasteiger partial charge on any atom is -0.383 e. The zero-order chi connectivity index (χ0) is 22.0. The second kappa shape index (κ2) is 8.85. The van der Waals surface area contributed by atoms with Crippen molar-refractivity contribution < 1.29 is 4.79 Å². The molecule has 0 saturated carbocycles. The standard InChI is InChI=1S/C23H23BrN6O/c1-14(2)10-11-26-23(31)19-20-22(29-18-9-4-3-8-17(18)28-20)30(21(19)25)27-13-15-6-5-7-16(24)12-15/h3-9,12-14H,10-11,25H2,1-2H3,(H,26,31). The average Bonchev–Trinajstić information content (AvgIpc) is 3.00. The fourth-order valence-corrected chi connectivity index (χ4v) is 3.68. The molecule has 0 aliphatic heterocycles. The Hall–Kier alpha value is -3.26. The zero-order valence-electron chi connectivity index (χ0n) is 17.3. The lowest BCUT2D eigenvalue weighted by Gasteiger charge is -2.07. The molecule has 4 rings (SSSR count). The number of hydrogen-bond acceptors (Lipinski definition) is 5. The summed E-state index contributed by atoms with van der Waals surface area (Å²) in [7, 11) is 0. The number of nitrogens with two attached hydrogens (primary N) is 1. The van der Waals surface area contributed by atoms with E-state index in [2.05, 4.69) is 45.2 Å². The Kier molecular flexibility index (Phi) is 5.99. The van der Waals surface area contributed by atoms with Crippen molar-refractivity contribution >= 4 is 56.1 Å². The fraction of sp³-hybridized carbons (Fsp3) is 0.217. The summed E-state index contributed by atoms with van der Waals surface area (Å²) in [5, 5.41) is 7.47. The first-order chi connectivity index (χ1) is 14.9. The van der Waals surface area contributed by atoms with Gasteiger partial charge in [0.15, 0.2) is 5.65 Å². The summed E-state index contributed by atoms with van der Waals surface area (Å²) in [4.78, 5) is 22.4. The van der Waals surface area contributed by atoms with Gasteiger partial charge in [-0.05, 0) is 42.2 Å². The number of rotatable bonds is 6. The van der Waals surface area contributed by atoms with Gasteiger partial charge in [0.25, 0.3) is 5.91 Å². The first kappa shape index (κ1) is 21.0. The van der Waals surface area contributed by atoms with Gasteiger partial charge in [0.05, 0.1) is 17.2 Å². The van der Waals surface area contributed by atoms with Gasteiger partial charge in [0.2, 0.25) is 0 Å². The molecular weight excluding hydrogens is 456 g/mol. The summed E-state index contributed by atoms with van der Waals surface area (Å²) >= 11 is 3.46. The Labute approximate surface area is 188 Å². The van der Waals surface area contributed by atoms with E-state index < -0.39 is 0 Å². The molecule has 4 aromatic rings. The summed E-state index contributed by atoms with van der Waals surface area (Å²) in [6.45, 7) is 4.78. The number of nitrogens with zero attached hydrogens (tertiary/aromatic N) is 4. The van der Waals surface area contributed by atoms with E-state index in [0.717, 1.165) is 16.5 Å². The second-order valence-electron chi connectivity index (χ2n) is 7.69. The largest absolute Gasteiger partial charge is 0.383 e. The molecule has 0 radical (unpaired) electrons. The number of amides is 1. The maximum absolute atomic E-state index is 13.0. The van der Waals surface area contributed by atoms with Crippen LogP contribution in [-0.4, -0.2) is 33.3 Å². The molecule has 0 fully saturated rings. The summed E-state index contributed by atoms with van der Waals surface area (Å²) in [6, 6.07) is 15.2. The van der Waals surface area contributed by atoms with Crippen molar-refractivity contribution in [3.05, 3.63) is 64.1 Å². The van der Waals surface area contributed by atoms with E-state index in [-0.39, 0.29) is 11.7 Å². The second-order valence-corrected chi connectivity index (χ2v) is 8.61. The van der Waals surface area contributed by atoms with E-state index in [1.54, 1.807) is 6.21 Å². The summed E-state index contributed by atoms with van der Waals surface area (Å²) in [6.07, 6.45) is 2.55. The number of carbonyl (C=O) groups excluding carboxylic acids is 1. The van der Waals surface area contributed by atoms with Crippen LogP contribution in [0.15, 0.2) is 58.1 Å². The normalized spacial score (nSPS) is 11.7. The van der Waals surface area contributed by atoms with Gasteiger partial charge in [-0.1, -0.05) is 54.0 Å². The molecule has 2 aromatic carbocycles.